The smallest absolute Gasteiger partial charge is 0.234 e. The molecule has 1 aromatic carbocycles. The van der Waals surface area contributed by atoms with E-state index in [0.717, 1.165) is 63.9 Å². The summed E-state index contributed by atoms with van der Waals surface area (Å²) in [7, 11) is 0. The summed E-state index contributed by atoms with van der Waals surface area (Å²) in [5.41, 5.74) is 1.73. The van der Waals surface area contributed by atoms with E-state index in [1.807, 2.05) is 35.7 Å². The van der Waals surface area contributed by atoms with Gasteiger partial charge in [-0.3, -0.25) is 4.79 Å². The second kappa shape index (κ2) is 8.53. The first-order valence-electron chi connectivity index (χ1n) is 9.91. The molecular formula is C21H20N6OS2. The molecule has 1 N–H and O–H groups in total. The largest absolute Gasteiger partial charge is 0.325 e. The number of nitrogens with zero attached hydrogens (tertiary/aromatic N) is 5. The van der Waals surface area contributed by atoms with Crippen LogP contribution in [0.15, 0.2) is 47.1 Å². The first-order valence-corrected chi connectivity index (χ1v) is 11.8. The Labute approximate surface area is 182 Å². The van der Waals surface area contributed by atoms with E-state index in [0.29, 0.717) is 0 Å². The van der Waals surface area contributed by atoms with Crippen LogP contribution in [0.25, 0.3) is 21.6 Å². The van der Waals surface area contributed by atoms with Crippen molar-refractivity contribution in [3.8, 4) is 11.4 Å². The molecule has 0 saturated carbocycles. The van der Waals surface area contributed by atoms with Crippen molar-refractivity contribution in [2.45, 2.75) is 37.3 Å². The number of amides is 1. The van der Waals surface area contributed by atoms with Crippen LogP contribution in [0.4, 0.5) is 5.69 Å². The Morgan fingerprint density at radius 1 is 1.17 bits per heavy atom. The number of benzene rings is 1. The average molecular weight is 437 g/mol. The van der Waals surface area contributed by atoms with Crippen LogP contribution in [0.1, 0.15) is 25.1 Å². The van der Waals surface area contributed by atoms with Gasteiger partial charge >= 0.3 is 0 Å². The highest BCUT2D eigenvalue weighted by Gasteiger charge is 2.16. The number of hydrogen-bond acceptors (Lipinski definition) is 7. The fourth-order valence-electron chi connectivity index (χ4n) is 3.65. The number of aromatic nitrogens is 5. The Balaban J connectivity index is 1.28. The second-order valence-corrected chi connectivity index (χ2v) is 9.00. The fraction of sp³-hybridized carbons (Fsp3) is 0.286. The molecule has 152 valence electrons. The van der Waals surface area contributed by atoms with Gasteiger partial charge in [-0.05, 0) is 36.4 Å². The van der Waals surface area contributed by atoms with Gasteiger partial charge in [-0.25, -0.2) is 9.97 Å². The van der Waals surface area contributed by atoms with Crippen LogP contribution in [0.5, 0.6) is 0 Å². The van der Waals surface area contributed by atoms with E-state index in [1.54, 1.807) is 17.7 Å². The average Bonchev–Trinajstić information content (AvgIpc) is 3.34. The molecule has 7 nitrogen and oxygen atoms in total. The maximum absolute atomic E-state index is 12.5. The van der Waals surface area contributed by atoms with E-state index < -0.39 is 0 Å². The van der Waals surface area contributed by atoms with Crippen LogP contribution in [0, 0.1) is 0 Å². The summed E-state index contributed by atoms with van der Waals surface area (Å²) in [6, 6.07) is 9.81. The van der Waals surface area contributed by atoms with Gasteiger partial charge in [0.25, 0.3) is 0 Å². The molecule has 0 radical (unpaired) electrons. The number of hydrogen-bond donors (Lipinski definition) is 1. The SMILES string of the molecule is O=C(CSc1ncnc2sccc12)Nc1cccc(-c2nnc3n2CCCCC3)c1. The lowest BCUT2D eigenvalue weighted by molar-refractivity contribution is -0.113. The van der Waals surface area contributed by atoms with Crippen molar-refractivity contribution in [3.63, 3.8) is 0 Å². The molecule has 1 aliphatic heterocycles. The third-order valence-corrected chi connectivity index (χ3v) is 6.91. The van der Waals surface area contributed by atoms with Crippen LogP contribution in [-0.2, 0) is 17.8 Å². The maximum atomic E-state index is 12.5. The molecule has 9 heteroatoms. The lowest BCUT2D eigenvalue weighted by atomic mass is 10.2. The minimum Gasteiger partial charge on any atom is -0.325 e. The Hall–Kier alpha value is -2.78. The second-order valence-electron chi connectivity index (χ2n) is 7.14. The molecule has 5 rings (SSSR count). The third kappa shape index (κ3) is 3.95. The molecule has 30 heavy (non-hydrogen) atoms. The summed E-state index contributed by atoms with van der Waals surface area (Å²) < 4.78 is 2.21. The Kier molecular flexibility index (Phi) is 5.46. The lowest BCUT2D eigenvalue weighted by Gasteiger charge is -2.09. The molecule has 1 amide bonds. The molecule has 0 spiro atoms. The van der Waals surface area contributed by atoms with Crippen molar-refractivity contribution in [3.05, 3.63) is 47.9 Å². The zero-order valence-corrected chi connectivity index (χ0v) is 17.9. The quantitative estimate of drug-likeness (QED) is 0.368. The van der Waals surface area contributed by atoms with Gasteiger partial charge in [-0.1, -0.05) is 30.3 Å². The minimum absolute atomic E-state index is 0.0702. The zero-order chi connectivity index (χ0) is 20.3. The zero-order valence-electron chi connectivity index (χ0n) is 16.2. The normalized spacial score (nSPS) is 13.7. The number of carbonyl (C=O) groups is 1. The molecule has 0 atom stereocenters. The number of carbonyl (C=O) groups excluding carboxylic acids is 1. The lowest BCUT2D eigenvalue weighted by Crippen LogP contribution is -2.14. The van der Waals surface area contributed by atoms with Crippen molar-refractivity contribution in [1.29, 1.82) is 0 Å². The van der Waals surface area contributed by atoms with Crippen LogP contribution in [0.2, 0.25) is 0 Å². The number of rotatable bonds is 5. The summed E-state index contributed by atoms with van der Waals surface area (Å²) in [6.07, 6.45) is 6.05. The summed E-state index contributed by atoms with van der Waals surface area (Å²) in [6.45, 7) is 0.945. The number of thiophene rings is 1. The van der Waals surface area contributed by atoms with Gasteiger partial charge in [0.15, 0.2) is 5.82 Å². The summed E-state index contributed by atoms with van der Waals surface area (Å²) in [5, 5.41) is 15.6. The van der Waals surface area contributed by atoms with Gasteiger partial charge in [-0.2, -0.15) is 0 Å². The monoisotopic (exact) mass is 436 g/mol. The van der Waals surface area contributed by atoms with Gasteiger partial charge < -0.3 is 9.88 Å². The Morgan fingerprint density at radius 3 is 3.10 bits per heavy atom. The maximum Gasteiger partial charge on any atom is 0.234 e. The van der Waals surface area contributed by atoms with Crippen LogP contribution in [0.3, 0.4) is 0 Å². The number of anilines is 1. The first-order chi connectivity index (χ1) is 14.8. The van der Waals surface area contributed by atoms with E-state index in [9.17, 15) is 4.79 Å². The Morgan fingerprint density at radius 2 is 2.13 bits per heavy atom. The highest BCUT2D eigenvalue weighted by molar-refractivity contribution is 8.00. The molecule has 4 heterocycles. The van der Waals surface area contributed by atoms with Gasteiger partial charge in [0.05, 0.1) is 5.75 Å². The number of fused-ring (bicyclic) bond motifs is 2. The van der Waals surface area contributed by atoms with Crippen molar-refractivity contribution in [1.82, 2.24) is 24.7 Å². The molecule has 4 aromatic rings. The van der Waals surface area contributed by atoms with Crippen LogP contribution < -0.4 is 5.32 Å². The molecular weight excluding hydrogens is 416 g/mol. The third-order valence-electron chi connectivity index (χ3n) is 5.08. The molecule has 0 bridgehead atoms. The fourth-order valence-corrected chi connectivity index (χ4v) is 5.23. The molecule has 3 aromatic heterocycles. The predicted molar refractivity (Wildman–Crippen MR) is 120 cm³/mol. The molecule has 0 fully saturated rings. The molecule has 0 unspecified atom stereocenters. The number of aryl methyl sites for hydroxylation is 1. The summed E-state index contributed by atoms with van der Waals surface area (Å²) in [4.78, 5) is 22.0. The number of thioether (sulfide) groups is 1. The van der Waals surface area contributed by atoms with Crippen LogP contribution in [-0.4, -0.2) is 36.4 Å². The predicted octanol–water partition coefficient (Wildman–Crippen LogP) is 4.41. The topological polar surface area (TPSA) is 85.6 Å². The van der Waals surface area contributed by atoms with Gasteiger partial charge in [-0.15, -0.1) is 21.5 Å². The molecule has 1 aliphatic rings. The van der Waals surface area contributed by atoms with E-state index in [2.05, 4.69) is 30.0 Å². The van der Waals surface area contributed by atoms with Crippen LogP contribution >= 0.6 is 23.1 Å². The Bertz CT molecular complexity index is 1200. The van der Waals surface area contributed by atoms with E-state index in [-0.39, 0.29) is 11.7 Å². The van der Waals surface area contributed by atoms with Gasteiger partial charge in [0, 0.05) is 29.6 Å². The van der Waals surface area contributed by atoms with Crippen molar-refractivity contribution >= 4 is 44.9 Å². The molecule has 0 saturated heterocycles. The van der Waals surface area contributed by atoms with E-state index >= 15 is 0 Å². The molecule has 0 aliphatic carbocycles. The minimum atomic E-state index is -0.0702. The van der Waals surface area contributed by atoms with Gasteiger partial charge in [0.2, 0.25) is 5.91 Å². The standard InChI is InChI=1S/C21H20N6OS2/c28-18(12-30-21-16-8-10-29-20(16)22-13-23-21)24-15-6-4-5-14(11-15)19-26-25-17-7-2-1-3-9-27(17)19/h4-6,8,10-11,13H,1-3,7,9,12H2,(H,24,28). The summed E-state index contributed by atoms with van der Waals surface area (Å²) >= 11 is 2.99. The first kappa shape index (κ1) is 19.2. The highest BCUT2D eigenvalue weighted by atomic mass is 32.2. The van der Waals surface area contributed by atoms with E-state index in [1.165, 1.54) is 18.2 Å². The van der Waals surface area contributed by atoms with Crippen molar-refractivity contribution in [2.75, 3.05) is 11.1 Å². The van der Waals surface area contributed by atoms with Crippen molar-refractivity contribution < 1.29 is 4.79 Å². The van der Waals surface area contributed by atoms with Crippen molar-refractivity contribution in [2.24, 2.45) is 0 Å². The highest BCUT2D eigenvalue weighted by Crippen LogP contribution is 2.28. The number of nitrogens with one attached hydrogen (secondary N) is 1. The van der Waals surface area contributed by atoms with Gasteiger partial charge in [0.1, 0.15) is 22.0 Å². The van der Waals surface area contributed by atoms with E-state index in [4.69, 9.17) is 0 Å². The summed E-state index contributed by atoms with van der Waals surface area (Å²) in [5.74, 6) is 2.14.